The minimum atomic E-state index is -1.04. The van der Waals surface area contributed by atoms with Gasteiger partial charge in [-0.15, -0.1) is 0 Å². The highest BCUT2D eigenvalue weighted by Crippen LogP contribution is 2.19. The first kappa shape index (κ1) is 16.0. The maximum Gasteiger partial charge on any atom is 0.326 e. The topological polar surface area (TPSA) is 96.3 Å². The van der Waals surface area contributed by atoms with Crippen LogP contribution in [0.15, 0.2) is 18.7 Å². The van der Waals surface area contributed by atoms with Gasteiger partial charge in [0.15, 0.2) is 0 Å². The number of carboxylic acids is 1. The molecule has 0 aliphatic rings. The number of rotatable bonds is 6. The van der Waals surface area contributed by atoms with Crippen molar-refractivity contribution >= 4 is 12.0 Å². The monoisotopic (exact) mass is 282 g/mol. The quantitative estimate of drug-likeness (QED) is 0.680. The van der Waals surface area contributed by atoms with Crippen molar-refractivity contribution in [2.75, 3.05) is 6.54 Å². The third-order valence-corrected chi connectivity index (χ3v) is 2.83. The molecule has 7 nitrogen and oxygen atoms in total. The molecule has 0 spiro atoms. The number of aliphatic carboxylic acids is 1. The second-order valence-corrected chi connectivity index (χ2v) is 5.69. The predicted molar refractivity (Wildman–Crippen MR) is 74.3 cm³/mol. The smallest absolute Gasteiger partial charge is 0.326 e. The number of carboxylic acid groups (broad SMARTS) is 1. The van der Waals surface area contributed by atoms with Gasteiger partial charge in [0, 0.05) is 25.5 Å². The summed E-state index contributed by atoms with van der Waals surface area (Å²) in [5.41, 5.74) is -0.542. The SMILES string of the molecule is CC(C)(C)[C@@H](NC(=O)NCCCn1ccnc1)C(=O)O. The Morgan fingerprint density at radius 2 is 2.10 bits per heavy atom. The molecule has 0 aromatic carbocycles. The molecule has 0 saturated heterocycles. The van der Waals surface area contributed by atoms with Crippen molar-refractivity contribution in [2.45, 2.75) is 39.8 Å². The van der Waals surface area contributed by atoms with Crippen LogP contribution in [-0.4, -0.2) is 39.2 Å². The fraction of sp³-hybridized carbons (Fsp3) is 0.615. The van der Waals surface area contributed by atoms with Gasteiger partial charge in [-0.25, -0.2) is 14.6 Å². The largest absolute Gasteiger partial charge is 0.480 e. The number of hydrogen-bond acceptors (Lipinski definition) is 3. The zero-order valence-electron chi connectivity index (χ0n) is 12.1. The summed E-state index contributed by atoms with van der Waals surface area (Å²) in [6, 6.07) is -1.38. The van der Waals surface area contributed by atoms with E-state index in [0.717, 1.165) is 13.0 Å². The fourth-order valence-corrected chi connectivity index (χ4v) is 1.71. The summed E-state index contributed by atoms with van der Waals surface area (Å²) in [6.07, 6.45) is 6.00. The molecule has 1 aromatic rings. The van der Waals surface area contributed by atoms with Gasteiger partial charge in [0.05, 0.1) is 6.33 Å². The van der Waals surface area contributed by atoms with E-state index < -0.39 is 23.5 Å². The first-order chi connectivity index (χ1) is 9.30. The molecule has 20 heavy (non-hydrogen) atoms. The van der Waals surface area contributed by atoms with Crippen LogP contribution in [0.25, 0.3) is 0 Å². The Balaban J connectivity index is 2.30. The molecule has 2 amide bonds. The van der Waals surface area contributed by atoms with Crippen LogP contribution < -0.4 is 10.6 Å². The van der Waals surface area contributed by atoms with Crippen molar-refractivity contribution in [3.8, 4) is 0 Å². The number of nitrogens with one attached hydrogen (secondary N) is 2. The van der Waals surface area contributed by atoms with Crippen molar-refractivity contribution < 1.29 is 14.7 Å². The van der Waals surface area contributed by atoms with E-state index in [0.29, 0.717) is 6.54 Å². The van der Waals surface area contributed by atoms with Crippen LogP contribution in [0.5, 0.6) is 0 Å². The molecule has 3 N–H and O–H groups in total. The average Bonchev–Trinajstić information content (AvgIpc) is 2.83. The highest BCUT2D eigenvalue weighted by atomic mass is 16.4. The van der Waals surface area contributed by atoms with Crippen molar-refractivity contribution in [3.05, 3.63) is 18.7 Å². The molecule has 0 aliphatic carbocycles. The zero-order valence-corrected chi connectivity index (χ0v) is 12.1. The molecule has 1 atom stereocenters. The second-order valence-electron chi connectivity index (χ2n) is 5.69. The number of aromatic nitrogens is 2. The maximum atomic E-state index is 11.7. The molecule has 0 saturated carbocycles. The Morgan fingerprint density at radius 1 is 1.40 bits per heavy atom. The molecule has 7 heteroatoms. The standard InChI is InChI=1S/C13H22N4O3/c1-13(2,3)10(11(18)19)16-12(20)15-5-4-7-17-8-6-14-9-17/h6,8-10H,4-5,7H2,1-3H3,(H,18,19)(H2,15,16,20)/t10-/m0/s1. The van der Waals surface area contributed by atoms with Crippen molar-refractivity contribution in [3.63, 3.8) is 0 Å². The molecule has 0 fully saturated rings. The number of nitrogens with zero attached hydrogens (tertiary/aromatic N) is 2. The lowest BCUT2D eigenvalue weighted by Crippen LogP contribution is -2.52. The minimum absolute atomic E-state index is 0.460. The molecule has 1 rings (SSSR count). The van der Waals surface area contributed by atoms with Crippen LogP contribution in [-0.2, 0) is 11.3 Å². The van der Waals surface area contributed by atoms with Gasteiger partial charge >= 0.3 is 12.0 Å². The average molecular weight is 282 g/mol. The zero-order chi connectivity index (χ0) is 15.2. The summed E-state index contributed by atoms with van der Waals surface area (Å²) in [5, 5.41) is 14.2. The summed E-state index contributed by atoms with van der Waals surface area (Å²) in [6.45, 7) is 6.53. The Morgan fingerprint density at radius 3 is 2.60 bits per heavy atom. The molecule has 112 valence electrons. The molecule has 0 aliphatic heterocycles. The van der Waals surface area contributed by atoms with Crippen LogP contribution in [0, 0.1) is 5.41 Å². The van der Waals surface area contributed by atoms with Gasteiger partial charge in [0.1, 0.15) is 6.04 Å². The number of carbonyl (C=O) groups is 2. The van der Waals surface area contributed by atoms with E-state index >= 15 is 0 Å². The molecule has 1 aromatic heterocycles. The van der Waals surface area contributed by atoms with Crippen molar-refractivity contribution in [1.82, 2.24) is 20.2 Å². The van der Waals surface area contributed by atoms with E-state index in [9.17, 15) is 9.59 Å². The number of aryl methyl sites for hydroxylation is 1. The van der Waals surface area contributed by atoms with Gasteiger partial charge in [0.2, 0.25) is 0 Å². The Kier molecular flexibility index (Phi) is 5.54. The van der Waals surface area contributed by atoms with E-state index in [4.69, 9.17) is 5.11 Å². The van der Waals surface area contributed by atoms with E-state index in [2.05, 4.69) is 15.6 Å². The second kappa shape index (κ2) is 6.93. The minimum Gasteiger partial charge on any atom is -0.480 e. The highest BCUT2D eigenvalue weighted by molar-refractivity contribution is 5.83. The van der Waals surface area contributed by atoms with E-state index in [1.165, 1.54) is 0 Å². The first-order valence-corrected chi connectivity index (χ1v) is 6.53. The lowest BCUT2D eigenvalue weighted by atomic mass is 9.87. The third kappa shape index (κ3) is 5.29. The first-order valence-electron chi connectivity index (χ1n) is 6.53. The normalized spacial score (nSPS) is 12.8. The molecular weight excluding hydrogens is 260 g/mol. The van der Waals surface area contributed by atoms with Gasteiger partial charge in [-0.1, -0.05) is 20.8 Å². The van der Waals surface area contributed by atoms with Crippen molar-refractivity contribution in [2.24, 2.45) is 5.41 Å². The number of imidazole rings is 1. The van der Waals surface area contributed by atoms with Gasteiger partial charge in [-0.2, -0.15) is 0 Å². The van der Waals surface area contributed by atoms with Crippen LogP contribution >= 0.6 is 0 Å². The van der Waals surface area contributed by atoms with Crippen LogP contribution in [0.3, 0.4) is 0 Å². The van der Waals surface area contributed by atoms with Gasteiger partial charge in [0.25, 0.3) is 0 Å². The number of amides is 2. The molecule has 1 heterocycles. The summed E-state index contributed by atoms with van der Waals surface area (Å²) in [4.78, 5) is 26.7. The summed E-state index contributed by atoms with van der Waals surface area (Å²) in [7, 11) is 0. The van der Waals surface area contributed by atoms with E-state index in [-0.39, 0.29) is 0 Å². The molecule has 0 unspecified atom stereocenters. The van der Waals surface area contributed by atoms with Gasteiger partial charge in [-0.05, 0) is 11.8 Å². The summed E-state index contributed by atoms with van der Waals surface area (Å²) < 4.78 is 1.91. The predicted octanol–water partition coefficient (Wildman–Crippen LogP) is 1.07. The lowest BCUT2D eigenvalue weighted by molar-refractivity contribution is -0.141. The van der Waals surface area contributed by atoms with Crippen molar-refractivity contribution in [1.29, 1.82) is 0 Å². The number of urea groups is 1. The van der Waals surface area contributed by atoms with Crippen LogP contribution in [0.2, 0.25) is 0 Å². The van der Waals surface area contributed by atoms with Crippen LogP contribution in [0.1, 0.15) is 27.2 Å². The maximum absolute atomic E-state index is 11.7. The van der Waals surface area contributed by atoms with Gasteiger partial charge in [-0.3, -0.25) is 0 Å². The lowest BCUT2D eigenvalue weighted by Gasteiger charge is -2.27. The summed E-state index contributed by atoms with van der Waals surface area (Å²) >= 11 is 0. The molecular formula is C13H22N4O3. The van der Waals surface area contributed by atoms with Crippen LogP contribution in [0.4, 0.5) is 4.79 Å². The molecule has 0 radical (unpaired) electrons. The van der Waals surface area contributed by atoms with Gasteiger partial charge < -0.3 is 20.3 Å². The number of carbonyl (C=O) groups excluding carboxylic acids is 1. The highest BCUT2D eigenvalue weighted by Gasteiger charge is 2.32. The number of hydrogen-bond donors (Lipinski definition) is 3. The Bertz CT molecular complexity index is 437. The third-order valence-electron chi connectivity index (χ3n) is 2.83. The Hall–Kier alpha value is -2.05. The molecule has 0 bridgehead atoms. The summed E-state index contributed by atoms with van der Waals surface area (Å²) in [5.74, 6) is -1.04. The van der Waals surface area contributed by atoms with E-state index in [1.807, 2.05) is 10.8 Å². The van der Waals surface area contributed by atoms with E-state index in [1.54, 1.807) is 33.3 Å². The fourth-order valence-electron chi connectivity index (χ4n) is 1.71. The Labute approximate surface area is 118 Å².